The summed E-state index contributed by atoms with van der Waals surface area (Å²) in [7, 11) is 1.62. The van der Waals surface area contributed by atoms with E-state index in [0.29, 0.717) is 33.2 Å². The van der Waals surface area contributed by atoms with Gasteiger partial charge in [0, 0.05) is 5.75 Å². The number of methoxy groups -OCH3 is 1. The summed E-state index contributed by atoms with van der Waals surface area (Å²) in [6, 6.07) is 12.7. The lowest BCUT2D eigenvalue weighted by Crippen LogP contribution is -2.20. The van der Waals surface area contributed by atoms with Gasteiger partial charge in [-0.05, 0) is 40.3 Å². The summed E-state index contributed by atoms with van der Waals surface area (Å²) < 4.78 is 12.4. The molecule has 0 unspecified atom stereocenters. The number of hydrogen-bond acceptors (Lipinski definition) is 7. The summed E-state index contributed by atoms with van der Waals surface area (Å²) in [6.45, 7) is 0.567. The Bertz CT molecular complexity index is 888. The van der Waals surface area contributed by atoms with Gasteiger partial charge in [-0.25, -0.2) is 4.68 Å². The fraction of sp³-hybridized carbons (Fsp3) is 0.278. The van der Waals surface area contributed by atoms with E-state index < -0.39 is 6.10 Å². The smallest absolute Gasteiger partial charge is 0.209 e. The minimum atomic E-state index is -0.747. The van der Waals surface area contributed by atoms with Crippen LogP contribution >= 0.6 is 35.0 Å². The molecule has 0 saturated heterocycles. The van der Waals surface area contributed by atoms with Crippen molar-refractivity contribution in [3.63, 3.8) is 0 Å². The van der Waals surface area contributed by atoms with Gasteiger partial charge < -0.3 is 14.6 Å². The zero-order valence-corrected chi connectivity index (χ0v) is 17.3. The molecule has 10 heteroatoms. The minimum Gasteiger partial charge on any atom is -0.497 e. The number of rotatable bonds is 9. The second kappa shape index (κ2) is 9.97. The van der Waals surface area contributed by atoms with E-state index in [1.807, 2.05) is 24.3 Å². The number of ether oxygens (including phenoxy) is 2. The zero-order chi connectivity index (χ0) is 19.9. The molecule has 0 aliphatic heterocycles. The van der Waals surface area contributed by atoms with Crippen LogP contribution in [0.25, 0.3) is 0 Å². The maximum Gasteiger partial charge on any atom is 0.209 e. The monoisotopic (exact) mass is 440 g/mol. The van der Waals surface area contributed by atoms with Gasteiger partial charge in [-0.3, -0.25) is 0 Å². The summed E-state index contributed by atoms with van der Waals surface area (Å²) in [4.78, 5) is 0. The first kappa shape index (κ1) is 20.7. The molecule has 0 saturated carbocycles. The van der Waals surface area contributed by atoms with Crippen LogP contribution in [0.3, 0.4) is 0 Å². The molecule has 0 spiro atoms. The first-order chi connectivity index (χ1) is 13.6. The van der Waals surface area contributed by atoms with Crippen molar-refractivity contribution in [2.45, 2.75) is 17.8 Å². The Balaban J connectivity index is 1.52. The number of benzene rings is 2. The van der Waals surface area contributed by atoms with Gasteiger partial charge >= 0.3 is 0 Å². The molecule has 3 aromatic rings. The summed E-state index contributed by atoms with van der Waals surface area (Å²) in [5.74, 6) is 1.50. The van der Waals surface area contributed by atoms with Gasteiger partial charge in [0.15, 0.2) is 5.75 Å². The third-order valence-corrected chi connectivity index (χ3v) is 5.43. The third kappa shape index (κ3) is 5.51. The van der Waals surface area contributed by atoms with Crippen molar-refractivity contribution in [3.05, 3.63) is 58.1 Å². The Kier molecular flexibility index (Phi) is 7.38. The van der Waals surface area contributed by atoms with Crippen LogP contribution in [-0.4, -0.2) is 50.9 Å². The number of aromatic nitrogens is 4. The average Bonchev–Trinajstić information content (AvgIpc) is 3.13. The van der Waals surface area contributed by atoms with Crippen LogP contribution in [0.15, 0.2) is 47.6 Å². The molecule has 0 aliphatic carbocycles. The topological polar surface area (TPSA) is 82.3 Å². The molecule has 28 heavy (non-hydrogen) atoms. The number of nitrogens with zero attached hydrogens (tertiary/aromatic N) is 4. The normalized spacial score (nSPS) is 12.0. The first-order valence-electron chi connectivity index (χ1n) is 8.33. The van der Waals surface area contributed by atoms with Crippen molar-refractivity contribution in [3.8, 4) is 11.5 Å². The van der Waals surface area contributed by atoms with Crippen LogP contribution in [0.5, 0.6) is 11.5 Å². The van der Waals surface area contributed by atoms with Gasteiger partial charge in [0.2, 0.25) is 5.16 Å². The van der Waals surface area contributed by atoms with E-state index in [0.717, 1.165) is 11.3 Å². The standard InChI is InChI=1S/C18H18Cl2N4O3S/c1-26-14-7-5-12(6-8-14)9-24-18(21-22-23-24)28-11-13(25)10-27-17-15(19)3-2-4-16(17)20/h2-8,13,25H,9-11H2,1H3/t13-/m1/s1. The number of hydrogen-bond donors (Lipinski definition) is 1. The van der Waals surface area contributed by atoms with Gasteiger partial charge in [0.1, 0.15) is 12.4 Å². The van der Waals surface area contributed by atoms with E-state index in [4.69, 9.17) is 32.7 Å². The van der Waals surface area contributed by atoms with Crippen LogP contribution < -0.4 is 9.47 Å². The molecule has 1 N–H and O–H groups in total. The molecule has 7 nitrogen and oxygen atoms in total. The van der Waals surface area contributed by atoms with Crippen LogP contribution in [0, 0.1) is 0 Å². The summed E-state index contributed by atoms with van der Waals surface area (Å²) in [5, 5.41) is 23.3. The molecule has 0 amide bonds. The van der Waals surface area contributed by atoms with Crippen molar-refractivity contribution >= 4 is 35.0 Å². The van der Waals surface area contributed by atoms with Crippen molar-refractivity contribution in [1.82, 2.24) is 20.2 Å². The molecule has 1 atom stereocenters. The zero-order valence-electron chi connectivity index (χ0n) is 15.0. The van der Waals surface area contributed by atoms with E-state index in [-0.39, 0.29) is 6.61 Å². The fourth-order valence-corrected chi connectivity index (χ4v) is 3.61. The number of para-hydroxylation sites is 1. The molecular formula is C18H18Cl2N4O3S. The minimum absolute atomic E-state index is 0.0521. The van der Waals surface area contributed by atoms with Gasteiger partial charge in [0.05, 0.1) is 29.8 Å². The molecule has 148 valence electrons. The second-order valence-electron chi connectivity index (χ2n) is 5.79. The van der Waals surface area contributed by atoms with Crippen LogP contribution in [0.1, 0.15) is 5.56 Å². The van der Waals surface area contributed by atoms with Crippen molar-refractivity contribution in [1.29, 1.82) is 0 Å². The van der Waals surface area contributed by atoms with E-state index >= 15 is 0 Å². The van der Waals surface area contributed by atoms with Gasteiger partial charge in [0.25, 0.3) is 0 Å². The lowest BCUT2D eigenvalue weighted by atomic mass is 10.2. The highest BCUT2D eigenvalue weighted by molar-refractivity contribution is 7.99. The van der Waals surface area contributed by atoms with E-state index in [2.05, 4.69) is 15.5 Å². The van der Waals surface area contributed by atoms with Crippen molar-refractivity contribution in [2.24, 2.45) is 0 Å². The van der Waals surface area contributed by atoms with Gasteiger partial charge in [-0.1, -0.05) is 53.2 Å². The number of thioether (sulfide) groups is 1. The molecule has 2 aromatic carbocycles. The Morgan fingerprint density at radius 1 is 1.14 bits per heavy atom. The van der Waals surface area contributed by atoms with Gasteiger partial charge in [-0.15, -0.1) is 5.10 Å². The summed E-state index contributed by atoms with van der Waals surface area (Å²) >= 11 is 13.4. The molecule has 1 heterocycles. The van der Waals surface area contributed by atoms with Crippen LogP contribution in [0.4, 0.5) is 0 Å². The van der Waals surface area contributed by atoms with Crippen LogP contribution in [0.2, 0.25) is 10.0 Å². The highest BCUT2D eigenvalue weighted by Crippen LogP contribution is 2.32. The molecular weight excluding hydrogens is 423 g/mol. The highest BCUT2D eigenvalue weighted by Gasteiger charge is 2.14. The SMILES string of the molecule is COc1ccc(Cn2nnnc2SC[C@H](O)COc2c(Cl)cccc2Cl)cc1. The third-order valence-electron chi connectivity index (χ3n) is 3.73. The Hall–Kier alpha value is -2.00. The lowest BCUT2D eigenvalue weighted by molar-refractivity contribution is 0.126. The fourth-order valence-electron chi connectivity index (χ4n) is 2.32. The lowest BCUT2D eigenvalue weighted by Gasteiger charge is -2.14. The highest BCUT2D eigenvalue weighted by atomic mass is 35.5. The Morgan fingerprint density at radius 3 is 2.54 bits per heavy atom. The Morgan fingerprint density at radius 2 is 1.86 bits per heavy atom. The van der Waals surface area contributed by atoms with E-state index in [1.165, 1.54) is 11.8 Å². The van der Waals surface area contributed by atoms with Crippen molar-refractivity contribution < 1.29 is 14.6 Å². The predicted octanol–water partition coefficient (Wildman–Crippen LogP) is 3.57. The quantitative estimate of drug-likeness (QED) is 0.509. The molecule has 1 aromatic heterocycles. The molecule has 0 aliphatic rings. The largest absolute Gasteiger partial charge is 0.497 e. The second-order valence-corrected chi connectivity index (χ2v) is 7.60. The van der Waals surface area contributed by atoms with E-state index in [1.54, 1.807) is 30.0 Å². The van der Waals surface area contributed by atoms with Crippen LogP contribution in [-0.2, 0) is 6.54 Å². The Labute approximate surface area is 176 Å². The molecule has 3 rings (SSSR count). The number of halogens is 2. The van der Waals surface area contributed by atoms with Gasteiger partial charge in [-0.2, -0.15) is 0 Å². The maximum atomic E-state index is 10.2. The van der Waals surface area contributed by atoms with E-state index in [9.17, 15) is 5.11 Å². The average molecular weight is 441 g/mol. The molecule has 0 bridgehead atoms. The number of aliphatic hydroxyl groups excluding tert-OH is 1. The first-order valence-corrected chi connectivity index (χ1v) is 10.1. The number of aliphatic hydroxyl groups is 1. The summed E-state index contributed by atoms with van der Waals surface area (Å²) in [6.07, 6.45) is -0.747. The molecule has 0 fully saturated rings. The van der Waals surface area contributed by atoms with Crippen molar-refractivity contribution in [2.75, 3.05) is 19.5 Å². The maximum absolute atomic E-state index is 10.2. The summed E-state index contributed by atoms with van der Waals surface area (Å²) in [5.41, 5.74) is 1.03. The predicted molar refractivity (Wildman–Crippen MR) is 109 cm³/mol. The molecule has 0 radical (unpaired) electrons. The number of tetrazole rings is 1.